The van der Waals surface area contributed by atoms with E-state index in [4.69, 9.17) is 9.31 Å². The van der Waals surface area contributed by atoms with E-state index in [0.29, 0.717) is 0 Å². The summed E-state index contributed by atoms with van der Waals surface area (Å²) >= 11 is 0. The van der Waals surface area contributed by atoms with E-state index in [2.05, 4.69) is 6.07 Å². The third-order valence-electron chi connectivity index (χ3n) is 4.93. The van der Waals surface area contributed by atoms with Crippen molar-refractivity contribution in [1.29, 1.82) is 0 Å². The fraction of sp³-hybridized carbons (Fsp3) is 0.368. The molecule has 0 bridgehead atoms. The van der Waals surface area contributed by atoms with Crippen LogP contribution in [0.5, 0.6) is 0 Å². The van der Waals surface area contributed by atoms with Gasteiger partial charge < -0.3 is 9.31 Å². The molecule has 23 heavy (non-hydrogen) atoms. The Morgan fingerprint density at radius 2 is 1.48 bits per heavy atom. The van der Waals surface area contributed by atoms with Crippen molar-refractivity contribution in [1.82, 2.24) is 0 Å². The molecular weight excluding hydrogens is 290 g/mol. The number of halogens is 1. The van der Waals surface area contributed by atoms with Gasteiger partial charge in [-0.15, -0.1) is 0 Å². The van der Waals surface area contributed by atoms with Crippen LogP contribution in [-0.4, -0.2) is 18.3 Å². The molecule has 0 N–H and O–H groups in total. The number of rotatable bonds is 2. The summed E-state index contributed by atoms with van der Waals surface area (Å²) in [5.41, 5.74) is 3.24. The Balaban J connectivity index is 1.92. The third-order valence-corrected chi connectivity index (χ3v) is 4.93. The molecule has 1 aliphatic rings. The summed E-state index contributed by atoms with van der Waals surface area (Å²) in [4.78, 5) is 0. The summed E-state index contributed by atoms with van der Waals surface area (Å²) in [6.07, 6.45) is 0. The molecule has 1 saturated heterocycles. The van der Waals surface area contributed by atoms with Gasteiger partial charge in [0.1, 0.15) is 5.82 Å². The second-order valence-corrected chi connectivity index (χ2v) is 7.17. The maximum absolute atomic E-state index is 13.4. The van der Waals surface area contributed by atoms with Gasteiger partial charge in [0.15, 0.2) is 0 Å². The molecule has 0 atom stereocenters. The summed E-state index contributed by atoms with van der Waals surface area (Å²) in [7, 11) is -0.374. The number of hydrogen-bond donors (Lipinski definition) is 0. The first kappa shape index (κ1) is 16.2. The van der Waals surface area contributed by atoms with Crippen LogP contribution in [0.15, 0.2) is 42.5 Å². The van der Waals surface area contributed by atoms with Crippen molar-refractivity contribution in [2.75, 3.05) is 0 Å². The van der Waals surface area contributed by atoms with Gasteiger partial charge in [-0.3, -0.25) is 0 Å². The predicted octanol–water partition coefficient (Wildman–Crippen LogP) is 4.10. The first-order valence-corrected chi connectivity index (χ1v) is 7.92. The van der Waals surface area contributed by atoms with Gasteiger partial charge in [0.25, 0.3) is 0 Å². The molecule has 120 valence electrons. The lowest BCUT2D eigenvalue weighted by Crippen LogP contribution is -2.41. The zero-order valence-electron chi connectivity index (χ0n) is 14.3. The average molecular weight is 312 g/mol. The van der Waals surface area contributed by atoms with Crippen molar-refractivity contribution in [2.45, 2.75) is 45.8 Å². The van der Waals surface area contributed by atoms with E-state index in [9.17, 15) is 4.39 Å². The summed E-state index contributed by atoms with van der Waals surface area (Å²) in [6, 6.07) is 12.7. The lowest BCUT2D eigenvalue weighted by Gasteiger charge is -2.32. The molecule has 2 nitrogen and oxygen atoms in total. The quantitative estimate of drug-likeness (QED) is 0.777. The molecule has 0 radical (unpaired) electrons. The smallest absolute Gasteiger partial charge is 0.399 e. The lowest BCUT2D eigenvalue weighted by atomic mass is 9.75. The summed E-state index contributed by atoms with van der Waals surface area (Å²) < 4.78 is 25.6. The van der Waals surface area contributed by atoms with Crippen molar-refractivity contribution in [3.8, 4) is 11.1 Å². The second-order valence-electron chi connectivity index (χ2n) is 7.17. The molecule has 2 aromatic carbocycles. The van der Waals surface area contributed by atoms with Crippen molar-refractivity contribution in [3.05, 3.63) is 53.8 Å². The van der Waals surface area contributed by atoms with Crippen LogP contribution in [0, 0.1) is 12.7 Å². The van der Waals surface area contributed by atoms with E-state index in [0.717, 1.165) is 22.2 Å². The zero-order valence-corrected chi connectivity index (χ0v) is 14.3. The maximum Gasteiger partial charge on any atom is 0.495 e. The highest BCUT2D eigenvalue weighted by atomic mass is 19.1. The monoisotopic (exact) mass is 312 g/mol. The SMILES string of the molecule is Cc1cc(-c2cccc(F)c2)ccc1B1OC(C)(C)C(C)(C)O1. The van der Waals surface area contributed by atoms with Gasteiger partial charge in [0.05, 0.1) is 11.2 Å². The van der Waals surface area contributed by atoms with Crippen LogP contribution < -0.4 is 5.46 Å². The van der Waals surface area contributed by atoms with Gasteiger partial charge in [-0.1, -0.05) is 35.9 Å². The van der Waals surface area contributed by atoms with Gasteiger partial charge in [-0.05, 0) is 63.3 Å². The Morgan fingerprint density at radius 3 is 2.04 bits per heavy atom. The molecule has 0 spiro atoms. The number of aryl methyl sites for hydroxylation is 1. The molecule has 1 fully saturated rings. The Morgan fingerprint density at radius 1 is 0.870 bits per heavy atom. The van der Waals surface area contributed by atoms with Gasteiger partial charge in [0.2, 0.25) is 0 Å². The third kappa shape index (κ3) is 2.93. The van der Waals surface area contributed by atoms with Crippen LogP contribution in [0.2, 0.25) is 0 Å². The van der Waals surface area contributed by atoms with E-state index < -0.39 is 0 Å². The van der Waals surface area contributed by atoms with Gasteiger partial charge in [0, 0.05) is 0 Å². The molecule has 0 aromatic heterocycles. The highest BCUT2D eigenvalue weighted by Crippen LogP contribution is 2.36. The minimum Gasteiger partial charge on any atom is -0.399 e. The molecule has 4 heteroatoms. The fourth-order valence-electron chi connectivity index (χ4n) is 2.76. The molecular formula is C19H22BFO2. The topological polar surface area (TPSA) is 18.5 Å². The van der Waals surface area contributed by atoms with E-state index in [1.807, 2.05) is 52.8 Å². The van der Waals surface area contributed by atoms with Crippen LogP contribution in [-0.2, 0) is 9.31 Å². The van der Waals surface area contributed by atoms with Crippen LogP contribution in [0.25, 0.3) is 11.1 Å². The molecule has 3 rings (SSSR count). The number of hydrogen-bond acceptors (Lipinski definition) is 2. The summed E-state index contributed by atoms with van der Waals surface area (Å²) in [5.74, 6) is -0.227. The summed E-state index contributed by atoms with van der Waals surface area (Å²) in [6.45, 7) is 10.2. The standard InChI is InChI=1S/C19H22BFO2/c1-13-11-15(14-7-6-8-16(21)12-14)9-10-17(13)20-22-18(2,3)19(4,5)23-20/h6-12H,1-5H3. The molecule has 0 unspecified atom stereocenters. The Kier molecular flexibility index (Phi) is 3.85. The average Bonchev–Trinajstić information content (AvgIpc) is 2.67. The second kappa shape index (κ2) is 5.46. The molecule has 0 saturated carbocycles. The van der Waals surface area contributed by atoms with Crippen molar-refractivity contribution >= 4 is 12.6 Å². The Bertz CT molecular complexity index is 724. The van der Waals surface area contributed by atoms with Crippen LogP contribution in [0.1, 0.15) is 33.3 Å². The highest BCUT2D eigenvalue weighted by Gasteiger charge is 2.51. The molecule has 2 aromatic rings. The first-order valence-electron chi connectivity index (χ1n) is 7.92. The molecule has 1 heterocycles. The van der Waals surface area contributed by atoms with Crippen LogP contribution in [0.4, 0.5) is 4.39 Å². The van der Waals surface area contributed by atoms with Gasteiger partial charge in [-0.25, -0.2) is 4.39 Å². The van der Waals surface area contributed by atoms with Crippen LogP contribution in [0.3, 0.4) is 0 Å². The van der Waals surface area contributed by atoms with Gasteiger partial charge in [-0.2, -0.15) is 0 Å². The first-order chi connectivity index (χ1) is 10.7. The van der Waals surface area contributed by atoms with E-state index >= 15 is 0 Å². The maximum atomic E-state index is 13.4. The molecule has 1 aliphatic heterocycles. The largest absolute Gasteiger partial charge is 0.495 e. The van der Waals surface area contributed by atoms with Crippen molar-refractivity contribution in [3.63, 3.8) is 0 Å². The van der Waals surface area contributed by atoms with Crippen molar-refractivity contribution < 1.29 is 13.7 Å². The highest BCUT2D eigenvalue weighted by molar-refractivity contribution is 6.62. The van der Waals surface area contributed by atoms with E-state index in [-0.39, 0.29) is 24.1 Å². The normalized spacial score (nSPS) is 19.1. The fourth-order valence-corrected chi connectivity index (χ4v) is 2.76. The zero-order chi connectivity index (χ0) is 16.8. The van der Waals surface area contributed by atoms with Crippen LogP contribution >= 0.6 is 0 Å². The summed E-state index contributed by atoms with van der Waals surface area (Å²) in [5, 5.41) is 0. The van der Waals surface area contributed by atoms with E-state index in [1.165, 1.54) is 6.07 Å². The lowest BCUT2D eigenvalue weighted by molar-refractivity contribution is 0.00578. The minimum absolute atomic E-state index is 0.227. The minimum atomic E-state index is -0.374. The Hall–Kier alpha value is -1.65. The molecule has 0 aliphatic carbocycles. The van der Waals surface area contributed by atoms with Gasteiger partial charge >= 0.3 is 7.12 Å². The predicted molar refractivity (Wildman–Crippen MR) is 92.3 cm³/mol. The Labute approximate surface area is 137 Å². The molecule has 0 amide bonds. The van der Waals surface area contributed by atoms with E-state index in [1.54, 1.807) is 12.1 Å². The number of benzene rings is 2. The van der Waals surface area contributed by atoms with Crippen molar-refractivity contribution in [2.24, 2.45) is 0 Å².